The number of nitrogens with one attached hydrogen (secondary N) is 2. The van der Waals surface area contributed by atoms with Gasteiger partial charge in [0, 0.05) is 6.04 Å². The molecule has 1 aromatic rings. The number of amidine groups is 1. The van der Waals surface area contributed by atoms with Crippen LogP contribution in [-0.4, -0.2) is 23.4 Å². The fourth-order valence-corrected chi connectivity index (χ4v) is 1.87. The quantitative estimate of drug-likeness (QED) is 0.382. The number of aliphatic imine (C=N–C) groups is 1. The van der Waals surface area contributed by atoms with Crippen LogP contribution in [0.3, 0.4) is 0 Å². The average molecular weight is 274 g/mol. The van der Waals surface area contributed by atoms with Crippen LogP contribution in [0.2, 0.25) is 0 Å². The maximum Gasteiger partial charge on any atom is 0.253 e. The van der Waals surface area contributed by atoms with Crippen molar-refractivity contribution in [1.82, 2.24) is 10.6 Å². The topological polar surface area (TPSA) is 77.3 Å². The Morgan fingerprint density at radius 1 is 1.47 bits per heavy atom. The molecule has 1 aliphatic rings. The molecule has 1 fully saturated rings. The molecule has 0 unspecified atom stereocenters. The molecule has 0 heterocycles. The monoisotopic (exact) mass is 274 g/mol. The second-order valence-electron chi connectivity index (χ2n) is 4.12. The Morgan fingerprint density at radius 2 is 2.21 bits per heavy atom. The lowest BCUT2D eigenvalue weighted by Crippen LogP contribution is -2.25. The van der Waals surface area contributed by atoms with Gasteiger partial charge in [0.25, 0.3) is 5.91 Å². The van der Waals surface area contributed by atoms with Crippen molar-refractivity contribution < 1.29 is 4.79 Å². The van der Waals surface area contributed by atoms with E-state index in [1.807, 2.05) is 18.5 Å². The summed E-state index contributed by atoms with van der Waals surface area (Å²) in [6.07, 6.45) is 5.73. The number of nitrogens with zero attached hydrogens (tertiary/aromatic N) is 2. The summed E-state index contributed by atoms with van der Waals surface area (Å²) in [7, 11) is 0. The summed E-state index contributed by atoms with van der Waals surface area (Å²) in [5.74, 6) is -0.112. The highest BCUT2D eigenvalue weighted by Crippen LogP contribution is 2.23. The molecule has 0 bridgehead atoms. The van der Waals surface area contributed by atoms with Crippen LogP contribution in [0.25, 0.3) is 0 Å². The van der Waals surface area contributed by atoms with E-state index in [0.29, 0.717) is 22.5 Å². The van der Waals surface area contributed by atoms with Crippen molar-refractivity contribution in [3.63, 3.8) is 0 Å². The van der Waals surface area contributed by atoms with Gasteiger partial charge in [0.2, 0.25) is 0 Å². The van der Waals surface area contributed by atoms with Crippen LogP contribution >= 0.6 is 11.8 Å². The lowest BCUT2D eigenvalue weighted by Gasteiger charge is -2.07. The summed E-state index contributed by atoms with van der Waals surface area (Å²) in [5, 5.41) is 14.5. The zero-order valence-electron chi connectivity index (χ0n) is 10.5. The van der Waals surface area contributed by atoms with Crippen molar-refractivity contribution in [2.24, 2.45) is 4.99 Å². The molecule has 98 valence electrons. The van der Waals surface area contributed by atoms with E-state index in [-0.39, 0.29) is 5.91 Å². The Hall–Kier alpha value is -2.00. The number of carbonyl (C=O) groups is 1. The summed E-state index contributed by atoms with van der Waals surface area (Å²) in [6.45, 7) is 0. The maximum absolute atomic E-state index is 12.1. The number of amides is 1. The predicted molar refractivity (Wildman–Crippen MR) is 76.3 cm³/mol. The summed E-state index contributed by atoms with van der Waals surface area (Å²) in [6, 6.07) is 7.42. The minimum atomic E-state index is -0.112. The molecule has 0 aliphatic heterocycles. The number of nitriles is 1. The van der Waals surface area contributed by atoms with Gasteiger partial charge in [0.05, 0.1) is 11.3 Å². The lowest BCUT2D eigenvalue weighted by molar-refractivity contribution is 0.0952. The highest BCUT2D eigenvalue weighted by molar-refractivity contribution is 8.13. The summed E-state index contributed by atoms with van der Waals surface area (Å²) in [5.41, 5.74) is 1.09. The molecule has 1 aliphatic carbocycles. The molecule has 0 radical (unpaired) electrons. The van der Waals surface area contributed by atoms with Gasteiger partial charge in [-0.3, -0.25) is 10.1 Å². The maximum atomic E-state index is 12.1. The van der Waals surface area contributed by atoms with Crippen molar-refractivity contribution in [2.75, 3.05) is 6.26 Å². The smallest absolute Gasteiger partial charge is 0.253 e. The molecule has 0 atom stereocenters. The second kappa shape index (κ2) is 6.25. The minimum absolute atomic E-state index is 0.112. The van der Waals surface area contributed by atoms with Gasteiger partial charge in [-0.05, 0) is 31.2 Å². The SMILES string of the molecule is CSC(=Nc1ccccc1C(=O)NC1CC1)NC#N. The van der Waals surface area contributed by atoms with E-state index in [1.165, 1.54) is 11.8 Å². The first-order chi connectivity index (χ1) is 9.24. The largest absolute Gasteiger partial charge is 0.349 e. The average Bonchev–Trinajstić information content (AvgIpc) is 3.22. The number of carbonyl (C=O) groups excluding carboxylic acids is 1. The van der Waals surface area contributed by atoms with E-state index in [2.05, 4.69) is 15.6 Å². The standard InChI is InChI=1S/C13H14N4OS/c1-19-13(15-8-14)17-11-5-3-2-4-10(11)12(18)16-9-6-7-9/h2-5,9H,6-7H2,1H3,(H,15,17)(H,16,18). The van der Waals surface area contributed by atoms with Crippen molar-refractivity contribution >= 4 is 28.5 Å². The molecule has 0 saturated heterocycles. The van der Waals surface area contributed by atoms with Crippen LogP contribution < -0.4 is 10.6 Å². The number of benzene rings is 1. The molecule has 0 spiro atoms. The molecule has 19 heavy (non-hydrogen) atoms. The molecule has 1 saturated carbocycles. The van der Waals surface area contributed by atoms with E-state index in [0.717, 1.165) is 12.8 Å². The van der Waals surface area contributed by atoms with Crippen LogP contribution in [-0.2, 0) is 0 Å². The molecular weight excluding hydrogens is 260 g/mol. The van der Waals surface area contributed by atoms with Crippen LogP contribution in [0.15, 0.2) is 29.3 Å². The zero-order valence-corrected chi connectivity index (χ0v) is 11.3. The van der Waals surface area contributed by atoms with Gasteiger partial charge in [0.1, 0.15) is 0 Å². The summed E-state index contributed by atoms with van der Waals surface area (Å²) < 4.78 is 0. The van der Waals surface area contributed by atoms with Gasteiger partial charge in [-0.15, -0.1) is 0 Å². The van der Waals surface area contributed by atoms with Crippen molar-refractivity contribution in [3.8, 4) is 6.19 Å². The summed E-state index contributed by atoms with van der Waals surface area (Å²) >= 11 is 1.32. The van der Waals surface area contributed by atoms with E-state index in [1.54, 1.807) is 18.2 Å². The number of hydrogen-bond donors (Lipinski definition) is 2. The van der Waals surface area contributed by atoms with E-state index < -0.39 is 0 Å². The highest BCUT2D eigenvalue weighted by Gasteiger charge is 2.24. The Labute approximate surface area is 116 Å². The second-order valence-corrected chi connectivity index (χ2v) is 4.92. The van der Waals surface area contributed by atoms with Crippen molar-refractivity contribution in [3.05, 3.63) is 29.8 Å². The van der Waals surface area contributed by atoms with Gasteiger partial charge in [-0.1, -0.05) is 23.9 Å². The fourth-order valence-electron chi connectivity index (χ4n) is 1.54. The Balaban J connectivity index is 2.24. The first-order valence-electron chi connectivity index (χ1n) is 5.92. The molecule has 0 aromatic heterocycles. The van der Waals surface area contributed by atoms with E-state index in [9.17, 15) is 4.79 Å². The van der Waals surface area contributed by atoms with Gasteiger partial charge < -0.3 is 5.32 Å². The Morgan fingerprint density at radius 3 is 2.84 bits per heavy atom. The number of hydrogen-bond acceptors (Lipinski definition) is 4. The molecule has 1 amide bonds. The van der Waals surface area contributed by atoms with E-state index in [4.69, 9.17) is 5.26 Å². The minimum Gasteiger partial charge on any atom is -0.349 e. The van der Waals surface area contributed by atoms with Crippen molar-refractivity contribution in [2.45, 2.75) is 18.9 Å². The predicted octanol–water partition coefficient (Wildman–Crippen LogP) is 2.00. The van der Waals surface area contributed by atoms with Gasteiger partial charge in [0.15, 0.2) is 11.4 Å². The Bertz CT molecular complexity index is 546. The third kappa shape index (κ3) is 3.73. The van der Waals surface area contributed by atoms with Crippen molar-refractivity contribution in [1.29, 1.82) is 5.26 Å². The van der Waals surface area contributed by atoms with Crippen LogP contribution in [0.4, 0.5) is 5.69 Å². The van der Waals surface area contributed by atoms with Crippen LogP contribution in [0, 0.1) is 11.5 Å². The third-order valence-electron chi connectivity index (χ3n) is 2.64. The van der Waals surface area contributed by atoms with Crippen LogP contribution in [0.1, 0.15) is 23.2 Å². The molecule has 6 heteroatoms. The summed E-state index contributed by atoms with van der Waals surface area (Å²) in [4.78, 5) is 16.4. The van der Waals surface area contributed by atoms with Gasteiger partial charge in [-0.25, -0.2) is 4.99 Å². The lowest BCUT2D eigenvalue weighted by atomic mass is 10.1. The number of thioether (sulfide) groups is 1. The third-order valence-corrected chi connectivity index (χ3v) is 3.22. The first-order valence-corrected chi connectivity index (χ1v) is 7.14. The molecule has 5 nitrogen and oxygen atoms in total. The zero-order chi connectivity index (χ0) is 13.7. The molecule has 1 aromatic carbocycles. The number of rotatable bonds is 3. The molecule has 2 N–H and O–H groups in total. The highest BCUT2D eigenvalue weighted by atomic mass is 32.2. The first kappa shape index (κ1) is 13.4. The van der Waals surface area contributed by atoms with Gasteiger partial charge >= 0.3 is 0 Å². The van der Waals surface area contributed by atoms with Crippen LogP contribution in [0.5, 0.6) is 0 Å². The van der Waals surface area contributed by atoms with E-state index >= 15 is 0 Å². The normalized spacial score (nSPS) is 14.6. The number of para-hydroxylation sites is 1. The molecular formula is C13H14N4OS. The van der Waals surface area contributed by atoms with Gasteiger partial charge in [-0.2, -0.15) is 5.26 Å². The molecule has 2 rings (SSSR count). The Kier molecular flexibility index (Phi) is 4.42. The fraction of sp³-hybridized carbons (Fsp3) is 0.308.